The van der Waals surface area contributed by atoms with Crippen LogP contribution in [0.15, 0.2) is 5.16 Å². The Morgan fingerprint density at radius 3 is 2.79 bits per heavy atom. The zero-order chi connectivity index (χ0) is 13.8. The normalized spacial score (nSPS) is 15.2. The molecule has 8 nitrogen and oxygen atoms in total. The first-order valence-corrected chi connectivity index (χ1v) is 6.99. The molecule has 0 aliphatic carbocycles. The molecule has 1 aromatic rings. The molecule has 0 unspecified atom stereocenters. The second-order valence-electron chi connectivity index (χ2n) is 3.90. The Bertz CT molecular complexity index is 472. The first-order chi connectivity index (χ1) is 9.17. The first-order valence-electron chi connectivity index (χ1n) is 6.00. The van der Waals surface area contributed by atoms with Gasteiger partial charge in [-0.25, -0.2) is 4.79 Å². The Kier molecular flexibility index (Phi) is 4.38. The summed E-state index contributed by atoms with van der Waals surface area (Å²) in [6.07, 6.45) is 0. The van der Waals surface area contributed by atoms with E-state index in [1.807, 2.05) is 11.5 Å². The second kappa shape index (κ2) is 6.02. The molecule has 19 heavy (non-hydrogen) atoms. The molecule has 0 aromatic carbocycles. The number of hydrogen-bond donors (Lipinski definition) is 2. The van der Waals surface area contributed by atoms with Crippen LogP contribution in [0, 0.1) is 0 Å². The fourth-order valence-electron chi connectivity index (χ4n) is 1.80. The van der Waals surface area contributed by atoms with Gasteiger partial charge in [-0.15, -0.1) is 10.2 Å². The lowest BCUT2D eigenvalue weighted by Crippen LogP contribution is -2.32. The maximum Gasteiger partial charge on any atom is 0.324 e. The number of rotatable bonds is 6. The molecule has 3 amide bonds. The number of hydrogen-bond acceptors (Lipinski definition) is 6. The summed E-state index contributed by atoms with van der Waals surface area (Å²) in [5, 5.41) is 11.3. The predicted octanol–water partition coefficient (Wildman–Crippen LogP) is -0.599. The highest BCUT2D eigenvalue weighted by Gasteiger charge is 2.27. The van der Waals surface area contributed by atoms with Crippen molar-refractivity contribution < 1.29 is 9.59 Å². The molecule has 1 fully saturated rings. The van der Waals surface area contributed by atoms with Gasteiger partial charge in [0.15, 0.2) is 5.16 Å². The maximum atomic E-state index is 11.4. The van der Waals surface area contributed by atoms with Crippen molar-refractivity contribution in [1.29, 1.82) is 0 Å². The standard InChI is InChI=1S/C10H16N6O2S/c1-2-15-7(5-11)13-14-10(15)19-4-3-16-8(17)6-12-9(16)18/h2-6,11H2,1H3,(H,12,18). The monoisotopic (exact) mass is 284 g/mol. The number of thioether (sulfide) groups is 1. The summed E-state index contributed by atoms with van der Waals surface area (Å²) in [6, 6.07) is -0.329. The van der Waals surface area contributed by atoms with Gasteiger partial charge in [-0.2, -0.15) is 0 Å². The predicted molar refractivity (Wildman–Crippen MR) is 69.4 cm³/mol. The van der Waals surface area contributed by atoms with Crippen LogP contribution in [0.25, 0.3) is 0 Å². The van der Waals surface area contributed by atoms with Crippen molar-refractivity contribution >= 4 is 23.7 Å². The molecule has 1 saturated heterocycles. The summed E-state index contributed by atoms with van der Waals surface area (Å²) in [5.74, 6) is 1.13. The Hall–Kier alpha value is -1.61. The van der Waals surface area contributed by atoms with Gasteiger partial charge >= 0.3 is 6.03 Å². The highest BCUT2D eigenvalue weighted by molar-refractivity contribution is 7.99. The van der Waals surface area contributed by atoms with Gasteiger partial charge in [-0.1, -0.05) is 11.8 Å². The zero-order valence-corrected chi connectivity index (χ0v) is 11.4. The number of nitrogens with zero attached hydrogens (tertiary/aromatic N) is 4. The maximum absolute atomic E-state index is 11.4. The van der Waals surface area contributed by atoms with Crippen LogP contribution in [-0.2, 0) is 17.9 Å². The van der Waals surface area contributed by atoms with Crippen LogP contribution in [0.4, 0.5) is 4.79 Å². The van der Waals surface area contributed by atoms with Gasteiger partial charge in [0.1, 0.15) is 5.82 Å². The lowest BCUT2D eigenvalue weighted by atomic mass is 10.5. The number of carbonyl (C=O) groups is 2. The fraction of sp³-hybridized carbons (Fsp3) is 0.600. The Morgan fingerprint density at radius 2 is 2.21 bits per heavy atom. The van der Waals surface area contributed by atoms with E-state index in [0.717, 1.165) is 17.5 Å². The average molecular weight is 284 g/mol. The van der Waals surface area contributed by atoms with Crippen LogP contribution in [0.3, 0.4) is 0 Å². The number of carbonyl (C=O) groups excluding carboxylic acids is 2. The van der Waals surface area contributed by atoms with Gasteiger partial charge in [-0.3, -0.25) is 9.69 Å². The van der Waals surface area contributed by atoms with Crippen molar-refractivity contribution in [2.24, 2.45) is 5.73 Å². The Labute approximate surface area is 114 Å². The van der Waals surface area contributed by atoms with E-state index >= 15 is 0 Å². The van der Waals surface area contributed by atoms with Gasteiger partial charge in [0.25, 0.3) is 0 Å². The summed E-state index contributed by atoms with van der Waals surface area (Å²) < 4.78 is 1.93. The van der Waals surface area contributed by atoms with Crippen molar-refractivity contribution in [3.63, 3.8) is 0 Å². The van der Waals surface area contributed by atoms with Crippen LogP contribution in [0.5, 0.6) is 0 Å². The number of amides is 3. The van der Waals surface area contributed by atoms with Crippen molar-refractivity contribution in [2.75, 3.05) is 18.8 Å². The molecular weight excluding hydrogens is 268 g/mol. The molecule has 0 spiro atoms. The van der Waals surface area contributed by atoms with E-state index in [0.29, 0.717) is 18.8 Å². The van der Waals surface area contributed by atoms with E-state index in [2.05, 4.69) is 15.5 Å². The van der Waals surface area contributed by atoms with Crippen molar-refractivity contribution in [3.05, 3.63) is 5.82 Å². The van der Waals surface area contributed by atoms with Gasteiger partial charge in [0.05, 0.1) is 13.1 Å². The van der Waals surface area contributed by atoms with E-state index in [1.54, 1.807) is 0 Å². The number of imide groups is 1. The van der Waals surface area contributed by atoms with E-state index in [-0.39, 0.29) is 18.5 Å². The zero-order valence-electron chi connectivity index (χ0n) is 10.6. The number of aromatic nitrogens is 3. The third-order valence-corrected chi connectivity index (χ3v) is 3.72. The molecule has 1 aliphatic heterocycles. The summed E-state index contributed by atoms with van der Waals surface area (Å²) in [5.41, 5.74) is 5.57. The second-order valence-corrected chi connectivity index (χ2v) is 4.96. The highest BCUT2D eigenvalue weighted by atomic mass is 32.2. The molecule has 0 bridgehead atoms. The SMILES string of the molecule is CCn1c(CN)nnc1SCCN1C(=O)CNC1=O. The topological polar surface area (TPSA) is 106 Å². The van der Waals surface area contributed by atoms with Crippen LogP contribution >= 0.6 is 11.8 Å². The van der Waals surface area contributed by atoms with E-state index in [4.69, 9.17) is 5.73 Å². The van der Waals surface area contributed by atoms with E-state index in [1.165, 1.54) is 16.7 Å². The number of urea groups is 1. The van der Waals surface area contributed by atoms with Crippen LogP contribution in [0.2, 0.25) is 0 Å². The average Bonchev–Trinajstić information content (AvgIpc) is 2.95. The summed E-state index contributed by atoms with van der Waals surface area (Å²) in [6.45, 7) is 3.53. The summed E-state index contributed by atoms with van der Waals surface area (Å²) in [7, 11) is 0. The summed E-state index contributed by atoms with van der Waals surface area (Å²) >= 11 is 1.46. The van der Waals surface area contributed by atoms with Gasteiger partial charge < -0.3 is 15.6 Å². The molecule has 3 N–H and O–H groups in total. The minimum absolute atomic E-state index is 0.0893. The molecule has 1 aromatic heterocycles. The van der Waals surface area contributed by atoms with E-state index < -0.39 is 0 Å². The van der Waals surface area contributed by atoms with E-state index in [9.17, 15) is 9.59 Å². The summed E-state index contributed by atoms with van der Waals surface area (Å²) in [4.78, 5) is 23.9. The molecule has 2 heterocycles. The molecule has 1 aliphatic rings. The number of nitrogens with one attached hydrogen (secondary N) is 1. The molecule has 0 radical (unpaired) electrons. The third-order valence-electron chi connectivity index (χ3n) is 2.78. The van der Waals surface area contributed by atoms with Crippen molar-refractivity contribution in [1.82, 2.24) is 25.0 Å². The number of nitrogens with two attached hydrogens (primary N) is 1. The Morgan fingerprint density at radius 1 is 1.42 bits per heavy atom. The van der Waals surface area contributed by atoms with Crippen LogP contribution in [-0.4, -0.2) is 50.4 Å². The third kappa shape index (κ3) is 2.87. The lowest BCUT2D eigenvalue weighted by Gasteiger charge is -2.11. The van der Waals surface area contributed by atoms with Crippen molar-refractivity contribution in [2.45, 2.75) is 25.2 Å². The van der Waals surface area contributed by atoms with Crippen LogP contribution < -0.4 is 11.1 Å². The van der Waals surface area contributed by atoms with Gasteiger partial charge in [0, 0.05) is 18.8 Å². The largest absolute Gasteiger partial charge is 0.329 e. The molecule has 0 saturated carbocycles. The smallest absolute Gasteiger partial charge is 0.324 e. The van der Waals surface area contributed by atoms with Gasteiger partial charge in [-0.05, 0) is 6.92 Å². The first kappa shape index (κ1) is 13.8. The highest BCUT2D eigenvalue weighted by Crippen LogP contribution is 2.17. The molecule has 104 valence electrons. The lowest BCUT2D eigenvalue weighted by molar-refractivity contribution is -0.124. The van der Waals surface area contributed by atoms with Crippen molar-refractivity contribution in [3.8, 4) is 0 Å². The van der Waals surface area contributed by atoms with Gasteiger partial charge in [0.2, 0.25) is 5.91 Å². The molecule has 0 atom stereocenters. The fourth-order valence-corrected chi connectivity index (χ4v) is 2.75. The minimum atomic E-state index is -0.329. The Balaban J connectivity index is 1.91. The van der Waals surface area contributed by atoms with Crippen LogP contribution in [0.1, 0.15) is 12.7 Å². The molecular formula is C10H16N6O2S. The molecule has 9 heteroatoms. The minimum Gasteiger partial charge on any atom is -0.329 e. The molecule has 2 rings (SSSR count). The quantitative estimate of drug-likeness (QED) is 0.534.